The number of carbonyl (C=O) groups is 3. The van der Waals surface area contributed by atoms with E-state index in [1.165, 1.54) is 0 Å². The summed E-state index contributed by atoms with van der Waals surface area (Å²) in [7, 11) is 0. The Morgan fingerprint density at radius 2 is 1.52 bits per heavy atom. The summed E-state index contributed by atoms with van der Waals surface area (Å²) in [6.07, 6.45) is 2.16. The Hall–Kier alpha value is -3.25. The van der Waals surface area contributed by atoms with Gasteiger partial charge >= 0.3 is 12.1 Å². The van der Waals surface area contributed by atoms with Gasteiger partial charge in [0.1, 0.15) is 0 Å². The fraction of sp³-hybridized carbons (Fsp3) is 0.545. The molecular formula is C33H42Cl2N6O5. The van der Waals surface area contributed by atoms with Crippen LogP contribution in [0.15, 0.2) is 36.4 Å². The number of anilines is 1. The number of nitrogens with zero attached hydrogens (tertiary/aromatic N) is 4. The number of hydrogen-bond acceptors (Lipinski definition) is 7. The second-order valence-electron chi connectivity index (χ2n) is 12.6. The molecule has 248 valence electrons. The van der Waals surface area contributed by atoms with E-state index in [4.69, 9.17) is 27.9 Å². The zero-order valence-electron chi connectivity index (χ0n) is 25.9. The van der Waals surface area contributed by atoms with E-state index in [1.807, 2.05) is 29.2 Å². The van der Waals surface area contributed by atoms with Crippen LogP contribution in [0.25, 0.3) is 0 Å². The van der Waals surface area contributed by atoms with Crippen LogP contribution in [-0.4, -0.2) is 120 Å². The topological polar surface area (TPSA) is 118 Å². The highest BCUT2D eigenvalue weighted by Crippen LogP contribution is 2.34. The summed E-state index contributed by atoms with van der Waals surface area (Å²) in [5.74, 6) is -0.477. The standard InChI is InChI=1S/C33H42Cl2N6O5/c34-26-19-22(20-27(35)30(26)42)21-29(31(43)39-12-6-24(7-13-39)38-17-10-36-11-18-38)46-33(45)40-14-8-25(9-15-40)41-16-5-23-3-1-2-4-28(23)37-32(41)44/h1-4,19-20,24-25,29,36,42H,5-18,21H2,(H,37,44)/t29-/m1/s1. The lowest BCUT2D eigenvalue weighted by molar-refractivity contribution is -0.142. The second-order valence-corrected chi connectivity index (χ2v) is 13.4. The molecule has 2 aromatic carbocycles. The Morgan fingerprint density at radius 1 is 0.891 bits per heavy atom. The van der Waals surface area contributed by atoms with Crippen LogP contribution in [0.5, 0.6) is 5.75 Å². The number of para-hydroxylation sites is 1. The zero-order valence-corrected chi connectivity index (χ0v) is 27.4. The maximum absolute atomic E-state index is 13.9. The van der Waals surface area contributed by atoms with Crippen LogP contribution in [-0.2, 0) is 22.4 Å². The van der Waals surface area contributed by atoms with Crippen molar-refractivity contribution in [2.75, 3.05) is 64.2 Å². The van der Waals surface area contributed by atoms with Crippen LogP contribution in [0, 0.1) is 0 Å². The predicted molar refractivity (Wildman–Crippen MR) is 177 cm³/mol. The number of piperazine rings is 1. The van der Waals surface area contributed by atoms with E-state index in [1.54, 1.807) is 21.9 Å². The minimum Gasteiger partial charge on any atom is -0.505 e. The number of phenols is 1. The van der Waals surface area contributed by atoms with Crippen LogP contribution < -0.4 is 10.6 Å². The van der Waals surface area contributed by atoms with Gasteiger partial charge in [0.2, 0.25) is 0 Å². The highest BCUT2D eigenvalue weighted by atomic mass is 35.5. The van der Waals surface area contributed by atoms with Gasteiger partial charge in [-0.3, -0.25) is 9.69 Å². The van der Waals surface area contributed by atoms with Crippen molar-refractivity contribution in [1.29, 1.82) is 0 Å². The summed E-state index contributed by atoms with van der Waals surface area (Å²) >= 11 is 12.4. The molecule has 0 aromatic heterocycles. The maximum Gasteiger partial charge on any atom is 0.410 e. The number of rotatable bonds is 6. The fourth-order valence-corrected chi connectivity index (χ4v) is 7.66. The lowest BCUT2D eigenvalue weighted by atomic mass is 10.0. The summed E-state index contributed by atoms with van der Waals surface area (Å²) < 4.78 is 5.96. The van der Waals surface area contributed by atoms with E-state index in [0.717, 1.165) is 56.7 Å². The quantitative estimate of drug-likeness (QED) is 0.421. The number of ether oxygens (including phenoxy) is 1. The first-order valence-electron chi connectivity index (χ1n) is 16.3. The van der Waals surface area contributed by atoms with E-state index in [2.05, 4.69) is 15.5 Å². The third kappa shape index (κ3) is 7.48. The average molecular weight is 674 g/mol. The Kier molecular flexibility index (Phi) is 10.4. The third-order valence-electron chi connectivity index (χ3n) is 9.77. The zero-order chi connectivity index (χ0) is 32.2. The van der Waals surface area contributed by atoms with E-state index in [-0.39, 0.29) is 40.2 Å². The van der Waals surface area contributed by atoms with E-state index < -0.39 is 12.2 Å². The number of phenolic OH excluding ortho intramolecular Hbond substituents is 1. The molecule has 3 fully saturated rings. The Labute approximate surface area is 279 Å². The van der Waals surface area contributed by atoms with Crippen LogP contribution in [0.3, 0.4) is 0 Å². The predicted octanol–water partition coefficient (Wildman–Crippen LogP) is 4.20. The highest BCUT2D eigenvalue weighted by molar-refractivity contribution is 6.37. The minimum atomic E-state index is -1.08. The molecule has 0 saturated carbocycles. The van der Waals surface area contributed by atoms with E-state index >= 15 is 0 Å². The number of aromatic hydroxyl groups is 1. The molecule has 0 radical (unpaired) electrons. The normalized spacial score (nSPS) is 20.9. The molecule has 1 atom stereocenters. The van der Waals surface area contributed by atoms with Crippen molar-refractivity contribution in [2.24, 2.45) is 0 Å². The van der Waals surface area contributed by atoms with Crippen molar-refractivity contribution < 1.29 is 24.2 Å². The number of nitrogens with one attached hydrogen (secondary N) is 2. The largest absolute Gasteiger partial charge is 0.505 e. The number of carbonyl (C=O) groups excluding carboxylic acids is 3. The number of benzene rings is 2. The van der Waals surface area contributed by atoms with Gasteiger partial charge < -0.3 is 35.2 Å². The first kappa shape index (κ1) is 32.7. The Bertz CT molecular complexity index is 1400. The summed E-state index contributed by atoms with van der Waals surface area (Å²) in [5, 5.41) is 16.6. The van der Waals surface area contributed by atoms with Gasteiger partial charge in [-0.25, -0.2) is 9.59 Å². The van der Waals surface area contributed by atoms with Crippen molar-refractivity contribution in [3.63, 3.8) is 0 Å². The molecule has 0 spiro atoms. The van der Waals surface area contributed by atoms with Gasteiger partial charge in [-0.05, 0) is 61.4 Å². The Morgan fingerprint density at radius 3 is 2.22 bits per heavy atom. The maximum atomic E-state index is 13.9. The molecule has 3 saturated heterocycles. The first-order valence-corrected chi connectivity index (χ1v) is 17.0. The molecule has 4 aliphatic heterocycles. The second kappa shape index (κ2) is 14.7. The van der Waals surface area contributed by atoms with Gasteiger partial charge in [-0.2, -0.15) is 0 Å². The summed E-state index contributed by atoms with van der Waals surface area (Å²) in [6, 6.07) is 11.2. The van der Waals surface area contributed by atoms with Gasteiger partial charge in [0, 0.05) is 83.1 Å². The number of amides is 4. The third-order valence-corrected chi connectivity index (χ3v) is 10.3. The number of piperidine rings is 2. The molecule has 4 amide bonds. The first-order chi connectivity index (χ1) is 22.3. The number of likely N-dealkylation sites (tertiary alicyclic amines) is 2. The van der Waals surface area contributed by atoms with Crippen LogP contribution in [0.2, 0.25) is 10.0 Å². The molecule has 0 aliphatic carbocycles. The van der Waals surface area contributed by atoms with E-state index in [0.29, 0.717) is 57.2 Å². The van der Waals surface area contributed by atoms with E-state index in [9.17, 15) is 19.5 Å². The fourth-order valence-electron chi connectivity index (χ4n) is 7.13. The van der Waals surface area contributed by atoms with Crippen molar-refractivity contribution in [3.8, 4) is 5.75 Å². The smallest absolute Gasteiger partial charge is 0.410 e. The van der Waals surface area contributed by atoms with Gasteiger partial charge in [0.15, 0.2) is 11.9 Å². The minimum absolute atomic E-state index is 0.00551. The summed E-state index contributed by atoms with van der Waals surface area (Å²) in [5.41, 5.74) is 2.54. The van der Waals surface area contributed by atoms with Crippen LogP contribution in [0.4, 0.5) is 15.3 Å². The van der Waals surface area contributed by atoms with Crippen LogP contribution in [0.1, 0.15) is 36.8 Å². The number of fused-ring (bicyclic) bond motifs is 1. The summed E-state index contributed by atoms with van der Waals surface area (Å²) in [6.45, 7) is 6.58. The molecule has 2 aromatic rings. The molecular weight excluding hydrogens is 631 g/mol. The van der Waals surface area contributed by atoms with Crippen molar-refractivity contribution in [3.05, 3.63) is 57.6 Å². The van der Waals surface area contributed by atoms with Gasteiger partial charge in [-0.15, -0.1) is 0 Å². The average Bonchev–Trinajstić information content (AvgIpc) is 3.25. The van der Waals surface area contributed by atoms with Crippen molar-refractivity contribution in [2.45, 2.75) is 56.7 Å². The van der Waals surface area contributed by atoms with Gasteiger partial charge in [-0.1, -0.05) is 41.4 Å². The van der Waals surface area contributed by atoms with Gasteiger partial charge in [0.25, 0.3) is 5.91 Å². The lowest BCUT2D eigenvalue weighted by Crippen LogP contribution is -2.54. The molecule has 0 bridgehead atoms. The monoisotopic (exact) mass is 672 g/mol. The van der Waals surface area contributed by atoms with Crippen molar-refractivity contribution in [1.82, 2.24) is 24.9 Å². The number of urea groups is 1. The lowest BCUT2D eigenvalue weighted by Gasteiger charge is -2.41. The SMILES string of the molecule is O=C(O[C@H](Cc1cc(Cl)c(O)c(Cl)c1)C(=O)N1CCC(N2CCNCC2)CC1)N1CCC(N2CCc3ccccc3NC2=O)CC1. The van der Waals surface area contributed by atoms with Gasteiger partial charge in [0.05, 0.1) is 10.0 Å². The number of hydrogen-bond donors (Lipinski definition) is 3. The Balaban J connectivity index is 1.09. The molecule has 0 unspecified atom stereocenters. The summed E-state index contributed by atoms with van der Waals surface area (Å²) in [4.78, 5) is 48.2. The molecule has 6 rings (SSSR count). The molecule has 11 nitrogen and oxygen atoms in total. The molecule has 4 aliphatic rings. The number of halogens is 2. The highest BCUT2D eigenvalue weighted by Gasteiger charge is 2.36. The molecule has 13 heteroatoms. The van der Waals surface area contributed by atoms with Crippen molar-refractivity contribution >= 4 is 46.9 Å². The van der Waals surface area contributed by atoms with Crippen LogP contribution >= 0.6 is 23.2 Å². The molecule has 3 N–H and O–H groups in total. The molecule has 46 heavy (non-hydrogen) atoms. The molecule has 4 heterocycles.